The average Bonchev–Trinajstić information content (AvgIpc) is 3.06. The van der Waals surface area contributed by atoms with Gasteiger partial charge in [-0.25, -0.2) is 4.79 Å². The van der Waals surface area contributed by atoms with Crippen LogP contribution in [0.1, 0.15) is 138 Å². The second kappa shape index (κ2) is 30.0. The van der Waals surface area contributed by atoms with E-state index in [4.69, 9.17) is 9.47 Å². The summed E-state index contributed by atoms with van der Waals surface area (Å²) in [5.41, 5.74) is 0.614. The molecule has 0 heterocycles. The maximum Gasteiger partial charge on any atom is 0.333 e. The molecule has 0 spiro atoms. The van der Waals surface area contributed by atoms with Gasteiger partial charge in [-0.3, -0.25) is 9.59 Å². The van der Waals surface area contributed by atoms with Gasteiger partial charge in [0, 0.05) is 31.3 Å². The van der Waals surface area contributed by atoms with Crippen LogP contribution in [0.5, 0.6) is 0 Å². The Morgan fingerprint density at radius 2 is 1.23 bits per heavy atom. The standard InChI is InChI=1S/C42H64O5.CH4/c1-6-10-11-12-13-14-15-16-17-18-19-20-21-22-23-24-25-26-27-29-38(43)30-28-31-39(44)33-36-32-37(42(45)46-9-4)34-41(35(36)5)47-40(7-2)8-3;/h10-11,13-14,16-17,19-20,22-23,25-26,34-36,40-41H,6-9,12,15,18,21,24,27-33H2,1-5H3;1H4/b11-10-,14-13-,17-16-,20-19-,23-22-,26-25-;/t35-,36-,41-;/m1./s1. The first-order chi connectivity index (χ1) is 22.9. The van der Waals surface area contributed by atoms with E-state index in [1.807, 2.05) is 6.08 Å². The van der Waals surface area contributed by atoms with Gasteiger partial charge in [0.25, 0.3) is 0 Å². The van der Waals surface area contributed by atoms with E-state index in [2.05, 4.69) is 101 Å². The predicted molar refractivity (Wildman–Crippen MR) is 204 cm³/mol. The van der Waals surface area contributed by atoms with Crippen molar-refractivity contribution in [2.24, 2.45) is 11.8 Å². The summed E-state index contributed by atoms with van der Waals surface area (Å²) in [5, 5.41) is 0. The number of Topliss-reactive ketones (excluding diaryl/α,β-unsaturated/α-hetero) is 2. The Balaban J connectivity index is 0.0000221. The number of hydrogen-bond acceptors (Lipinski definition) is 5. The van der Waals surface area contributed by atoms with Crippen molar-refractivity contribution in [3.8, 4) is 0 Å². The largest absolute Gasteiger partial charge is 0.463 e. The van der Waals surface area contributed by atoms with Gasteiger partial charge >= 0.3 is 5.97 Å². The maximum atomic E-state index is 12.9. The van der Waals surface area contributed by atoms with Crippen LogP contribution >= 0.6 is 0 Å². The highest BCUT2D eigenvalue weighted by atomic mass is 16.5. The van der Waals surface area contributed by atoms with Crippen LogP contribution in [0.15, 0.2) is 84.6 Å². The lowest BCUT2D eigenvalue weighted by molar-refractivity contribution is -0.139. The Bertz CT molecular complexity index is 1080. The number of ether oxygens (including phenoxy) is 2. The van der Waals surface area contributed by atoms with Crippen molar-refractivity contribution in [1.29, 1.82) is 0 Å². The Kier molecular flexibility index (Phi) is 28.1. The molecule has 5 heteroatoms. The molecule has 5 nitrogen and oxygen atoms in total. The minimum atomic E-state index is -0.312. The lowest BCUT2D eigenvalue weighted by Gasteiger charge is -2.36. The lowest BCUT2D eigenvalue weighted by atomic mass is 9.76. The third-order valence-electron chi connectivity index (χ3n) is 8.49. The quantitative estimate of drug-likeness (QED) is 0.0680. The fourth-order valence-corrected chi connectivity index (χ4v) is 5.54. The summed E-state index contributed by atoms with van der Waals surface area (Å²) in [6.07, 6.45) is 39.2. The van der Waals surface area contributed by atoms with Crippen molar-refractivity contribution < 1.29 is 23.9 Å². The minimum Gasteiger partial charge on any atom is -0.463 e. The molecule has 0 aromatic heterocycles. The Morgan fingerprint density at radius 1 is 0.729 bits per heavy atom. The maximum absolute atomic E-state index is 12.9. The molecular formula is C43H68O5. The third-order valence-corrected chi connectivity index (χ3v) is 8.49. The Labute approximate surface area is 294 Å². The molecule has 48 heavy (non-hydrogen) atoms. The summed E-state index contributed by atoms with van der Waals surface area (Å²) in [6.45, 7) is 10.6. The topological polar surface area (TPSA) is 69.7 Å². The number of esters is 1. The van der Waals surface area contributed by atoms with Crippen LogP contribution in [0.4, 0.5) is 0 Å². The van der Waals surface area contributed by atoms with E-state index in [1.54, 1.807) is 6.92 Å². The van der Waals surface area contributed by atoms with Gasteiger partial charge in [0.15, 0.2) is 0 Å². The van der Waals surface area contributed by atoms with Crippen LogP contribution in [-0.2, 0) is 23.9 Å². The molecule has 0 saturated heterocycles. The van der Waals surface area contributed by atoms with Crippen molar-refractivity contribution in [1.82, 2.24) is 0 Å². The zero-order chi connectivity index (χ0) is 34.5. The van der Waals surface area contributed by atoms with E-state index >= 15 is 0 Å². The van der Waals surface area contributed by atoms with Gasteiger partial charge < -0.3 is 9.47 Å². The molecule has 3 atom stereocenters. The van der Waals surface area contributed by atoms with Gasteiger partial charge in [-0.15, -0.1) is 0 Å². The highest BCUT2D eigenvalue weighted by Crippen LogP contribution is 2.36. The summed E-state index contributed by atoms with van der Waals surface area (Å²) in [6, 6.07) is 0. The second-order valence-electron chi connectivity index (χ2n) is 12.4. The van der Waals surface area contributed by atoms with Crippen molar-refractivity contribution in [2.45, 2.75) is 151 Å². The molecule has 1 rings (SSSR count). The third kappa shape index (κ3) is 21.8. The number of allylic oxidation sites excluding steroid dienone is 12. The molecule has 270 valence electrons. The first-order valence-electron chi connectivity index (χ1n) is 18.3. The van der Waals surface area contributed by atoms with E-state index in [0.717, 1.165) is 57.8 Å². The van der Waals surface area contributed by atoms with Gasteiger partial charge in [0.05, 0.1) is 18.8 Å². The molecule has 0 aromatic rings. The van der Waals surface area contributed by atoms with E-state index < -0.39 is 0 Å². The molecule has 0 saturated carbocycles. The van der Waals surface area contributed by atoms with Gasteiger partial charge in [0.1, 0.15) is 11.6 Å². The molecule has 0 bridgehead atoms. The smallest absolute Gasteiger partial charge is 0.333 e. The summed E-state index contributed by atoms with van der Waals surface area (Å²) in [5.74, 6) is 0.191. The highest BCUT2D eigenvalue weighted by Gasteiger charge is 2.35. The number of ketones is 2. The normalized spacial score (nSPS) is 18.6. The number of carbonyl (C=O) groups excluding carboxylic acids is 3. The van der Waals surface area contributed by atoms with Crippen molar-refractivity contribution in [2.75, 3.05) is 6.61 Å². The van der Waals surface area contributed by atoms with Crippen LogP contribution < -0.4 is 0 Å². The predicted octanol–water partition coefficient (Wildman–Crippen LogP) is 11.5. The van der Waals surface area contributed by atoms with Crippen LogP contribution in [0.25, 0.3) is 0 Å². The molecular weight excluding hydrogens is 596 g/mol. The fraction of sp³-hybridized carbons (Fsp3) is 0.605. The van der Waals surface area contributed by atoms with Gasteiger partial charge in [-0.1, -0.05) is 108 Å². The second-order valence-corrected chi connectivity index (χ2v) is 12.4. The first kappa shape index (κ1) is 45.0. The van der Waals surface area contributed by atoms with Crippen LogP contribution in [-0.4, -0.2) is 36.4 Å². The average molecular weight is 665 g/mol. The van der Waals surface area contributed by atoms with E-state index in [0.29, 0.717) is 50.7 Å². The highest BCUT2D eigenvalue weighted by molar-refractivity contribution is 5.89. The zero-order valence-corrected chi connectivity index (χ0v) is 30.2. The van der Waals surface area contributed by atoms with Gasteiger partial charge in [-0.05, 0) is 95.5 Å². The monoisotopic (exact) mass is 665 g/mol. The van der Waals surface area contributed by atoms with E-state index in [-0.39, 0.29) is 49.0 Å². The van der Waals surface area contributed by atoms with Crippen molar-refractivity contribution >= 4 is 17.5 Å². The van der Waals surface area contributed by atoms with Crippen LogP contribution in [0, 0.1) is 11.8 Å². The lowest BCUT2D eigenvalue weighted by Crippen LogP contribution is -2.36. The molecule has 0 N–H and O–H groups in total. The van der Waals surface area contributed by atoms with Gasteiger partial charge in [-0.2, -0.15) is 0 Å². The number of carbonyl (C=O) groups is 3. The number of rotatable bonds is 26. The van der Waals surface area contributed by atoms with E-state index in [9.17, 15) is 14.4 Å². The molecule has 1 aliphatic rings. The summed E-state index contributed by atoms with van der Waals surface area (Å²) < 4.78 is 11.6. The Morgan fingerprint density at radius 3 is 1.73 bits per heavy atom. The summed E-state index contributed by atoms with van der Waals surface area (Å²) in [4.78, 5) is 37.8. The van der Waals surface area contributed by atoms with E-state index in [1.165, 1.54) is 0 Å². The van der Waals surface area contributed by atoms with Crippen LogP contribution in [0.2, 0.25) is 0 Å². The molecule has 0 aromatic carbocycles. The number of hydrogen-bond donors (Lipinski definition) is 0. The molecule has 0 fully saturated rings. The SMILES string of the molecule is C.CC/C=C\C/C=C\C/C=C\C/C=C\C/C=C\C/C=C\CCC(=O)CCCC(=O)C[C@H]1CC(C(=O)OCC)=C[C@@H](OC(CC)CC)[C@@H]1C. The van der Waals surface area contributed by atoms with Crippen LogP contribution in [0.3, 0.4) is 0 Å². The molecule has 0 amide bonds. The Hall–Kier alpha value is -3.05. The molecule has 0 unspecified atom stereocenters. The molecule has 1 aliphatic carbocycles. The van der Waals surface area contributed by atoms with Crippen molar-refractivity contribution in [3.63, 3.8) is 0 Å². The fourth-order valence-electron chi connectivity index (χ4n) is 5.54. The molecule has 0 radical (unpaired) electrons. The minimum absolute atomic E-state index is 0. The zero-order valence-electron chi connectivity index (χ0n) is 30.2. The summed E-state index contributed by atoms with van der Waals surface area (Å²) in [7, 11) is 0. The van der Waals surface area contributed by atoms with Gasteiger partial charge in [0.2, 0.25) is 0 Å². The molecule has 0 aliphatic heterocycles. The summed E-state index contributed by atoms with van der Waals surface area (Å²) >= 11 is 0. The van der Waals surface area contributed by atoms with Crippen molar-refractivity contribution in [3.05, 3.63) is 84.6 Å². The first-order valence-corrected chi connectivity index (χ1v) is 18.3.